The number of hydrogen-bond acceptors (Lipinski definition) is 3. The highest BCUT2D eigenvalue weighted by Gasteiger charge is 2.40. The molecule has 0 spiro atoms. The maximum absolute atomic E-state index is 12.5. The minimum Gasteiger partial charge on any atom is -0.391 e. The van der Waals surface area contributed by atoms with Gasteiger partial charge in [-0.15, -0.1) is 0 Å². The molecule has 3 fully saturated rings. The first-order valence-corrected chi connectivity index (χ1v) is 8.41. The standard InChI is InChI=1S/C16H26N2O3/c19-14-7-8-17(11-14)16(21)12-9-15(20)18(10-12)13-5-3-1-2-4-6-13/h12-14,19H,1-11H2/t12?,14-/m1/s1. The number of carbonyl (C=O) groups is 2. The van der Waals surface area contributed by atoms with Crippen LogP contribution in [0.25, 0.3) is 0 Å². The number of rotatable bonds is 2. The van der Waals surface area contributed by atoms with Gasteiger partial charge in [-0.2, -0.15) is 0 Å². The third-order valence-electron chi connectivity index (χ3n) is 5.25. The van der Waals surface area contributed by atoms with Crippen LogP contribution in [0.3, 0.4) is 0 Å². The molecule has 2 aliphatic heterocycles. The molecule has 1 N–H and O–H groups in total. The normalized spacial score (nSPS) is 31.8. The summed E-state index contributed by atoms with van der Waals surface area (Å²) in [5.74, 6) is 0.0297. The van der Waals surface area contributed by atoms with Crippen molar-refractivity contribution in [1.82, 2.24) is 9.80 Å². The number of carbonyl (C=O) groups excluding carboxylic acids is 2. The van der Waals surface area contributed by atoms with Crippen molar-refractivity contribution in [2.75, 3.05) is 19.6 Å². The molecule has 2 atom stereocenters. The Bertz CT molecular complexity index is 404. The first kappa shape index (κ1) is 14.8. The molecule has 2 heterocycles. The molecule has 0 aromatic heterocycles. The van der Waals surface area contributed by atoms with Gasteiger partial charge in [-0.1, -0.05) is 25.7 Å². The van der Waals surface area contributed by atoms with Gasteiger partial charge >= 0.3 is 0 Å². The largest absolute Gasteiger partial charge is 0.391 e. The highest BCUT2D eigenvalue weighted by Crippen LogP contribution is 2.29. The summed E-state index contributed by atoms with van der Waals surface area (Å²) in [6, 6.07) is 0.349. The number of aliphatic hydroxyl groups excluding tert-OH is 1. The molecule has 1 saturated carbocycles. The van der Waals surface area contributed by atoms with Crippen LogP contribution in [-0.2, 0) is 9.59 Å². The molecule has 2 amide bonds. The summed E-state index contributed by atoms with van der Waals surface area (Å²) >= 11 is 0. The lowest BCUT2D eigenvalue weighted by Crippen LogP contribution is -2.39. The fraction of sp³-hybridized carbons (Fsp3) is 0.875. The lowest BCUT2D eigenvalue weighted by molar-refractivity contribution is -0.135. The van der Waals surface area contributed by atoms with Crippen LogP contribution in [0.2, 0.25) is 0 Å². The highest BCUT2D eigenvalue weighted by atomic mass is 16.3. The zero-order chi connectivity index (χ0) is 14.8. The maximum atomic E-state index is 12.5. The van der Waals surface area contributed by atoms with Crippen LogP contribution in [0.1, 0.15) is 51.4 Å². The second-order valence-electron chi connectivity index (χ2n) is 6.82. The van der Waals surface area contributed by atoms with Gasteiger partial charge in [0.05, 0.1) is 12.0 Å². The fourth-order valence-electron chi connectivity index (χ4n) is 4.02. The molecule has 5 heteroatoms. The quantitative estimate of drug-likeness (QED) is 0.777. The number of β-amino-alcohol motifs (C(OH)–C–C–N with tert-alkyl or cyclic N) is 1. The van der Waals surface area contributed by atoms with E-state index in [1.165, 1.54) is 25.7 Å². The molecule has 5 nitrogen and oxygen atoms in total. The molecule has 0 aromatic rings. The van der Waals surface area contributed by atoms with Crippen molar-refractivity contribution in [2.24, 2.45) is 5.92 Å². The Balaban J connectivity index is 1.59. The summed E-state index contributed by atoms with van der Waals surface area (Å²) in [5.41, 5.74) is 0. The van der Waals surface area contributed by atoms with Crippen LogP contribution in [-0.4, -0.2) is 58.5 Å². The Hall–Kier alpha value is -1.10. The van der Waals surface area contributed by atoms with E-state index in [1.54, 1.807) is 4.90 Å². The molecule has 2 saturated heterocycles. The Labute approximate surface area is 126 Å². The average Bonchev–Trinajstić information content (AvgIpc) is 2.96. The Morgan fingerprint density at radius 1 is 1.05 bits per heavy atom. The zero-order valence-electron chi connectivity index (χ0n) is 12.7. The number of hydrogen-bond donors (Lipinski definition) is 1. The summed E-state index contributed by atoms with van der Waals surface area (Å²) < 4.78 is 0. The van der Waals surface area contributed by atoms with E-state index in [4.69, 9.17) is 0 Å². The van der Waals surface area contributed by atoms with Crippen LogP contribution >= 0.6 is 0 Å². The van der Waals surface area contributed by atoms with Gasteiger partial charge in [0.2, 0.25) is 11.8 Å². The first-order valence-electron chi connectivity index (χ1n) is 8.41. The van der Waals surface area contributed by atoms with Gasteiger partial charge in [-0.3, -0.25) is 9.59 Å². The van der Waals surface area contributed by atoms with Crippen LogP contribution < -0.4 is 0 Å². The second-order valence-corrected chi connectivity index (χ2v) is 6.82. The van der Waals surface area contributed by atoms with Gasteiger partial charge in [-0.05, 0) is 19.3 Å². The Morgan fingerprint density at radius 2 is 1.76 bits per heavy atom. The van der Waals surface area contributed by atoms with Gasteiger partial charge < -0.3 is 14.9 Å². The average molecular weight is 294 g/mol. The van der Waals surface area contributed by atoms with Crippen molar-refractivity contribution < 1.29 is 14.7 Å². The summed E-state index contributed by atoms with van der Waals surface area (Å²) in [4.78, 5) is 28.5. The van der Waals surface area contributed by atoms with Crippen molar-refractivity contribution in [2.45, 2.75) is 63.5 Å². The van der Waals surface area contributed by atoms with E-state index in [2.05, 4.69) is 0 Å². The van der Waals surface area contributed by atoms with Gasteiger partial charge in [-0.25, -0.2) is 0 Å². The lowest BCUT2D eigenvalue weighted by atomic mass is 10.1. The molecule has 1 unspecified atom stereocenters. The SMILES string of the molecule is O=C(C1CC(=O)N(C2CCCCCC2)C1)N1CC[C@@H](O)C1. The van der Waals surface area contributed by atoms with Gasteiger partial charge in [0.15, 0.2) is 0 Å². The number of likely N-dealkylation sites (tertiary alicyclic amines) is 2. The van der Waals surface area contributed by atoms with Crippen molar-refractivity contribution in [3.63, 3.8) is 0 Å². The van der Waals surface area contributed by atoms with Crippen molar-refractivity contribution in [3.8, 4) is 0 Å². The summed E-state index contributed by atoms with van der Waals surface area (Å²) in [6.07, 6.45) is 7.77. The third-order valence-corrected chi connectivity index (χ3v) is 5.25. The van der Waals surface area contributed by atoms with E-state index in [1.807, 2.05) is 4.90 Å². The minimum atomic E-state index is -0.385. The molecule has 1 aliphatic carbocycles. The molecule has 21 heavy (non-hydrogen) atoms. The van der Waals surface area contributed by atoms with Crippen LogP contribution in [0.15, 0.2) is 0 Å². The molecule has 3 rings (SSSR count). The number of amides is 2. The smallest absolute Gasteiger partial charge is 0.228 e. The zero-order valence-corrected chi connectivity index (χ0v) is 12.7. The van der Waals surface area contributed by atoms with Crippen LogP contribution in [0, 0.1) is 5.92 Å². The molecule has 0 radical (unpaired) electrons. The van der Waals surface area contributed by atoms with Gasteiger partial charge in [0, 0.05) is 32.1 Å². The molecular weight excluding hydrogens is 268 g/mol. The summed E-state index contributed by atoms with van der Waals surface area (Å²) in [6.45, 7) is 1.66. The van der Waals surface area contributed by atoms with Crippen molar-refractivity contribution in [1.29, 1.82) is 0 Å². The van der Waals surface area contributed by atoms with E-state index < -0.39 is 0 Å². The van der Waals surface area contributed by atoms with Crippen molar-refractivity contribution >= 4 is 11.8 Å². The van der Waals surface area contributed by atoms with E-state index >= 15 is 0 Å². The molecule has 3 aliphatic rings. The molecule has 0 aromatic carbocycles. The van der Waals surface area contributed by atoms with Crippen LogP contribution in [0.5, 0.6) is 0 Å². The maximum Gasteiger partial charge on any atom is 0.228 e. The first-order chi connectivity index (χ1) is 10.1. The monoisotopic (exact) mass is 294 g/mol. The predicted molar refractivity (Wildman–Crippen MR) is 78.5 cm³/mol. The number of nitrogens with zero attached hydrogens (tertiary/aromatic N) is 2. The summed E-state index contributed by atoms with van der Waals surface area (Å²) in [7, 11) is 0. The van der Waals surface area contributed by atoms with E-state index in [0.29, 0.717) is 38.5 Å². The van der Waals surface area contributed by atoms with Gasteiger partial charge in [0.1, 0.15) is 0 Å². The van der Waals surface area contributed by atoms with E-state index in [-0.39, 0.29) is 23.8 Å². The molecule has 0 bridgehead atoms. The second kappa shape index (κ2) is 6.34. The number of aliphatic hydroxyl groups is 1. The van der Waals surface area contributed by atoms with Crippen molar-refractivity contribution in [3.05, 3.63) is 0 Å². The summed E-state index contributed by atoms with van der Waals surface area (Å²) in [5, 5.41) is 9.56. The minimum absolute atomic E-state index is 0.0658. The molecule has 118 valence electrons. The van der Waals surface area contributed by atoms with E-state index in [9.17, 15) is 14.7 Å². The Kier molecular flexibility index (Phi) is 4.48. The Morgan fingerprint density at radius 3 is 2.38 bits per heavy atom. The van der Waals surface area contributed by atoms with E-state index in [0.717, 1.165) is 12.8 Å². The third kappa shape index (κ3) is 3.23. The van der Waals surface area contributed by atoms with Crippen LogP contribution in [0.4, 0.5) is 0 Å². The van der Waals surface area contributed by atoms with Gasteiger partial charge in [0.25, 0.3) is 0 Å². The topological polar surface area (TPSA) is 60.9 Å². The lowest BCUT2D eigenvalue weighted by Gasteiger charge is -2.27. The predicted octanol–water partition coefficient (Wildman–Crippen LogP) is 1.15. The molecular formula is C16H26N2O3. The fourth-order valence-corrected chi connectivity index (χ4v) is 4.02. The highest BCUT2D eigenvalue weighted by molar-refractivity contribution is 5.89.